The van der Waals surface area contributed by atoms with Crippen LogP contribution in [-0.4, -0.2) is 25.2 Å². The summed E-state index contributed by atoms with van der Waals surface area (Å²) in [7, 11) is 0. The number of nitrogens with zero attached hydrogens (tertiary/aromatic N) is 3. The maximum atomic E-state index is 10.4. The molecule has 0 unspecified atom stereocenters. The smallest absolute Gasteiger partial charge is 0.152 e. The molecule has 24 heavy (non-hydrogen) atoms. The molecule has 5 nitrogen and oxygen atoms in total. The van der Waals surface area contributed by atoms with Gasteiger partial charge in [0.1, 0.15) is 11.3 Å². The molecule has 2 heterocycles. The van der Waals surface area contributed by atoms with E-state index in [-0.39, 0.29) is 0 Å². The van der Waals surface area contributed by atoms with Gasteiger partial charge in [-0.05, 0) is 38.5 Å². The average Bonchev–Trinajstić information content (AvgIpc) is 2.82. The molecule has 0 amide bonds. The van der Waals surface area contributed by atoms with Crippen LogP contribution in [-0.2, 0) is 13.0 Å². The van der Waals surface area contributed by atoms with Crippen LogP contribution in [0.2, 0.25) is 5.02 Å². The Labute approximate surface area is 146 Å². The number of halogens is 1. The lowest BCUT2D eigenvalue weighted by Crippen LogP contribution is -2.27. The van der Waals surface area contributed by atoms with Crippen molar-refractivity contribution < 1.29 is 5.11 Å². The fourth-order valence-corrected chi connectivity index (χ4v) is 3.18. The fourth-order valence-electron chi connectivity index (χ4n) is 3.01. The number of hydrogen-bond donors (Lipinski definition) is 2. The zero-order valence-corrected chi connectivity index (χ0v) is 15.1. The van der Waals surface area contributed by atoms with E-state index in [9.17, 15) is 5.11 Å². The van der Waals surface area contributed by atoms with Crippen LogP contribution < -0.4 is 5.73 Å². The molecule has 0 atom stereocenters. The molecule has 1 aromatic carbocycles. The van der Waals surface area contributed by atoms with Gasteiger partial charge in [0.2, 0.25) is 0 Å². The van der Waals surface area contributed by atoms with E-state index < -0.39 is 5.60 Å². The van der Waals surface area contributed by atoms with Crippen molar-refractivity contribution in [1.29, 1.82) is 0 Å². The van der Waals surface area contributed by atoms with E-state index in [2.05, 4.69) is 16.5 Å². The Morgan fingerprint density at radius 1 is 1.29 bits per heavy atom. The van der Waals surface area contributed by atoms with E-state index >= 15 is 0 Å². The van der Waals surface area contributed by atoms with Crippen molar-refractivity contribution >= 4 is 39.4 Å². The standard InChI is InChI=1S/C18H23ClN4O/c1-4-5-6-14-22-15-16(23(14)10-18(2,3)24)12-8-7-11(19)9-13(12)21-17(15)20/h7-9,24H,4-6,10H2,1-3H3,(H2,20,21). The number of aliphatic hydroxyl groups is 1. The Hall–Kier alpha value is -1.85. The minimum Gasteiger partial charge on any atom is -0.389 e. The summed E-state index contributed by atoms with van der Waals surface area (Å²) in [6.45, 7) is 6.19. The molecule has 128 valence electrons. The second kappa shape index (κ2) is 6.22. The SMILES string of the molecule is CCCCc1nc2c(N)nc3cc(Cl)ccc3c2n1CC(C)(C)O. The lowest BCUT2D eigenvalue weighted by molar-refractivity contribution is 0.0618. The number of aromatic nitrogens is 3. The van der Waals surface area contributed by atoms with Crippen molar-refractivity contribution in [3.05, 3.63) is 29.0 Å². The first kappa shape index (κ1) is 17.0. The summed E-state index contributed by atoms with van der Waals surface area (Å²) in [5.41, 5.74) is 7.65. The first-order valence-corrected chi connectivity index (χ1v) is 8.64. The van der Waals surface area contributed by atoms with Gasteiger partial charge in [-0.1, -0.05) is 24.9 Å². The number of aryl methyl sites for hydroxylation is 1. The van der Waals surface area contributed by atoms with E-state index in [0.29, 0.717) is 22.9 Å². The van der Waals surface area contributed by atoms with Crippen LogP contribution in [0.5, 0.6) is 0 Å². The average molecular weight is 347 g/mol. The monoisotopic (exact) mass is 346 g/mol. The third kappa shape index (κ3) is 3.19. The van der Waals surface area contributed by atoms with Crippen molar-refractivity contribution in [2.75, 3.05) is 5.73 Å². The number of unbranched alkanes of at least 4 members (excludes halogenated alkanes) is 1. The van der Waals surface area contributed by atoms with E-state index in [0.717, 1.165) is 41.5 Å². The number of imidazole rings is 1. The summed E-state index contributed by atoms with van der Waals surface area (Å²) in [6, 6.07) is 5.59. The number of pyridine rings is 1. The highest BCUT2D eigenvalue weighted by Gasteiger charge is 2.22. The van der Waals surface area contributed by atoms with Crippen LogP contribution in [0.3, 0.4) is 0 Å². The van der Waals surface area contributed by atoms with Crippen LogP contribution in [0.4, 0.5) is 5.82 Å². The minimum absolute atomic E-state index is 0.395. The first-order chi connectivity index (χ1) is 11.3. The number of hydrogen-bond acceptors (Lipinski definition) is 4. The van der Waals surface area contributed by atoms with Crippen LogP contribution in [0.1, 0.15) is 39.4 Å². The highest BCUT2D eigenvalue weighted by molar-refractivity contribution is 6.31. The molecule has 2 aromatic heterocycles. The second-order valence-electron chi connectivity index (χ2n) is 6.89. The Balaban J connectivity index is 2.34. The zero-order chi connectivity index (χ0) is 17.5. The summed E-state index contributed by atoms with van der Waals surface area (Å²) in [4.78, 5) is 9.19. The Morgan fingerprint density at radius 3 is 2.71 bits per heavy atom. The molecule has 3 N–H and O–H groups in total. The van der Waals surface area contributed by atoms with Crippen LogP contribution in [0.25, 0.3) is 21.9 Å². The van der Waals surface area contributed by atoms with Gasteiger partial charge in [-0.2, -0.15) is 0 Å². The fraction of sp³-hybridized carbons (Fsp3) is 0.444. The molecule has 0 aliphatic heterocycles. The molecule has 0 fully saturated rings. The number of anilines is 1. The van der Waals surface area contributed by atoms with E-state index in [1.165, 1.54) is 0 Å². The summed E-state index contributed by atoms with van der Waals surface area (Å²) in [6.07, 6.45) is 2.96. The van der Waals surface area contributed by atoms with Gasteiger partial charge in [-0.25, -0.2) is 9.97 Å². The van der Waals surface area contributed by atoms with Crippen LogP contribution in [0, 0.1) is 0 Å². The largest absolute Gasteiger partial charge is 0.389 e. The lowest BCUT2D eigenvalue weighted by atomic mass is 10.1. The van der Waals surface area contributed by atoms with Crippen molar-refractivity contribution in [2.45, 2.75) is 52.2 Å². The zero-order valence-electron chi connectivity index (χ0n) is 14.3. The van der Waals surface area contributed by atoms with Crippen molar-refractivity contribution in [3.8, 4) is 0 Å². The normalized spacial score (nSPS) is 12.4. The number of fused-ring (bicyclic) bond motifs is 3. The molecule has 0 saturated carbocycles. The molecule has 0 spiro atoms. The molecule has 0 aliphatic rings. The number of benzene rings is 1. The predicted octanol–water partition coefficient (Wildman–Crippen LogP) is 3.93. The number of nitrogens with two attached hydrogens (primary N) is 1. The quantitative estimate of drug-likeness (QED) is 0.733. The Bertz CT molecular complexity index is 896. The van der Waals surface area contributed by atoms with E-state index in [1.807, 2.05) is 12.1 Å². The lowest BCUT2D eigenvalue weighted by Gasteiger charge is -2.20. The number of nitrogen functional groups attached to an aromatic ring is 1. The number of rotatable bonds is 5. The summed E-state index contributed by atoms with van der Waals surface area (Å²) in [5, 5.41) is 11.9. The first-order valence-electron chi connectivity index (χ1n) is 8.26. The molecule has 3 rings (SSSR count). The molecule has 3 aromatic rings. The Kier molecular flexibility index (Phi) is 4.40. The van der Waals surface area contributed by atoms with Gasteiger partial charge >= 0.3 is 0 Å². The topological polar surface area (TPSA) is 77.0 Å². The molecule has 0 aliphatic carbocycles. The maximum Gasteiger partial charge on any atom is 0.152 e. The highest BCUT2D eigenvalue weighted by Crippen LogP contribution is 2.31. The molecular weight excluding hydrogens is 324 g/mol. The second-order valence-corrected chi connectivity index (χ2v) is 7.32. The van der Waals surface area contributed by atoms with Crippen molar-refractivity contribution in [2.24, 2.45) is 0 Å². The van der Waals surface area contributed by atoms with Crippen LogP contribution >= 0.6 is 11.6 Å². The van der Waals surface area contributed by atoms with Crippen molar-refractivity contribution in [1.82, 2.24) is 14.5 Å². The molecule has 0 saturated heterocycles. The maximum absolute atomic E-state index is 10.4. The Morgan fingerprint density at radius 2 is 2.04 bits per heavy atom. The summed E-state index contributed by atoms with van der Waals surface area (Å²) in [5.74, 6) is 1.33. The van der Waals surface area contributed by atoms with Gasteiger partial charge in [-0.15, -0.1) is 0 Å². The van der Waals surface area contributed by atoms with Gasteiger partial charge in [0, 0.05) is 16.8 Å². The third-order valence-corrected chi connectivity index (χ3v) is 4.28. The van der Waals surface area contributed by atoms with Gasteiger partial charge in [0.25, 0.3) is 0 Å². The predicted molar refractivity (Wildman–Crippen MR) is 99.4 cm³/mol. The van der Waals surface area contributed by atoms with Crippen molar-refractivity contribution in [3.63, 3.8) is 0 Å². The summed E-state index contributed by atoms with van der Waals surface area (Å²) < 4.78 is 2.08. The van der Waals surface area contributed by atoms with E-state index in [1.54, 1.807) is 19.9 Å². The third-order valence-electron chi connectivity index (χ3n) is 4.04. The van der Waals surface area contributed by atoms with Gasteiger partial charge in [0.15, 0.2) is 5.82 Å². The molecule has 0 bridgehead atoms. The molecule has 6 heteroatoms. The van der Waals surface area contributed by atoms with Gasteiger partial charge < -0.3 is 15.4 Å². The molecular formula is C18H23ClN4O. The molecule has 0 radical (unpaired) electrons. The highest BCUT2D eigenvalue weighted by atomic mass is 35.5. The summed E-state index contributed by atoms with van der Waals surface area (Å²) >= 11 is 6.10. The van der Waals surface area contributed by atoms with Gasteiger partial charge in [-0.3, -0.25) is 0 Å². The van der Waals surface area contributed by atoms with Gasteiger partial charge in [0.05, 0.1) is 23.2 Å². The van der Waals surface area contributed by atoms with E-state index in [4.69, 9.17) is 22.3 Å². The minimum atomic E-state index is -0.856. The van der Waals surface area contributed by atoms with Crippen LogP contribution in [0.15, 0.2) is 18.2 Å².